The molecular formula is C23H26N2O4. The Kier molecular flexibility index (Phi) is 5.03. The van der Waals surface area contributed by atoms with Gasteiger partial charge in [-0.05, 0) is 36.6 Å². The molecule has 0 radical (unpaired) electrons. The zero-order chi connectivity index (χ0) is 20.6. The van der Waals surface area contributed by atoms with Crippen molar-refractivity contribution in [3.8, 4) is 0 Å². The summed E-state index contributed by atoms with van der Waals surface area (Å²) in [5.41, 5.74) is 2.94. The van der Waals surface area contributed by atoms with Crippen LogP contribution in [0.1, 0.15) is 37.0 Å². The van der Waals surface area contributed by atoms with Crippen molar-refractivity contribution < 1.29 is 19.2 Å². The van der Waals surface area contributed by atoms with Gasteiger partial charge in [-0.1, -0.05) is 43.3 Å². The molecule has 1 heterocycles. The number of carbonyl (C=O) groups is 2. The molecule has 0 bridgehead atoms. The van der Waals surface area contributed by atoms with Crippen molar-refractivity contribution in [3.63, 3.8) is 0 Å². The fourth-order valence-electron chi connectivity index (χ4n) is 4.78. The van der Waals surface area contributed by atoms with Gasteiger partial charge < -0.3 is 14.9 Å². The quantitative estimate of drug-likeness (QED) is 0.628. The molecule has 1 saturated carbocycles. The van der Waals surface area contributed by atoms with E-state index in [1.54, 1.807) is 12.1 Å². The number of amides is 1. The Labute approximate surface area is 170 Å². The summed E-state index contributed by atoms with van der Waals surface area (Å²) in [5.74, 6) is -0.272. The molecule has 0 spiro atoms. The second-order valence-corrected chi connectivity index (χ2v) is 8.20. The minimum atomic E-state index is -0.285. The topological polar surface area (TPSA) is 77.0 Å². The summed E-state index contributed by atoms with van der Waals surface area (Å²) in [5, 5.41) is 7.17. The fraction of sp³-hybridized carbons (Fsp3) is 0.435. The molecule has 6 nitrogen and oxygen atoms in total. The van der Waals surface area contributed by atoms with Crippen LogP contribution in [-0.2, 0) is 14.4 Å². The summed E-state index contributed by atoms with van der Waals surface area (Å²) in [4.78, 5) is 30.0. The number of rotatable bonds is 4. The fourth-order valence-corrected chi connectivity index (χ4v) is 4.78. The lowest BCUT2D eigenvalue weighted by Gasteiger charge is -2.43. The van der Waals surface area contributed by atoms with Gasteiger partial charge in [0.2, 0.25) is 0 Å². The zero-order valence-electron chi connectivity index (χ0n) is 17.0. The Hall–Kier alpha value is -2.89. The molecule has 1 aromatic rings. The van der Waals surface area contributed by atoms with Crippen molar-refractivity contribution in [1.82, 2.24) is 5.32 Å². The standard InChI is InChI=1S/C23H26N2O4/c1-14-16-9-11-23(2)12-10-18(25-28-3)17(19(23)20(16)29-22(14)27)13-24-21(26)15-7-5-4-6-8-15/h4-8,10,12,14,16,20H,9,11,13H2,1-3H3,(H,24,26)/b25-18+/t14-,16-,20-,23-/m0/s1. The normalized spacial score (nSPS) is 31.9. The largest absolute Gasteiger partial charge is 0.457 e. The molecule has 6 heteroatoms. The highest BCUT2D eigenvalue weighted by Crippen LogP contribution is 2.53. The Bertz CT molecular complexity index is 918. The Balaban J connectivity index is 1.71. The molecule has 2 fully saturated rings. The molecule has 1 saturated heterocycles. The number of oxime groups is 1. The minimum absolute atomic E-state index is 0.120. The van der Waals surface area contributed by atoms with E-state index in [1.807, 2.05) is 31.2 Å². The number of benzene rings is 1. The van der Waals surface area contributed by atoms with Gasteiger partial charge in [-0.2, -0.15) is 0 Å². The van der Waals surface area contributed by atoms with E-state index in [-0.39, 0.29) is 35.2 Å². The summed E-state index contributed by atoms with van der Waals surface area (Å²) in [6, 6.07) is 9.10. The van der Waals surface area contributed by atoms with E-state index < -0.39 is 0 Å². The first kappa shape index (κ1) is 19.4. The maximum absolute atomic E-state index is 12.6. The second-order valence-electron chi connectivity index (χ2n) is 8.20. The number of hydrogen-bond donors (Lipinski definition) is 1. The lowest BCUT2D eigenvalue weighted by molar-refractivity contribution is -0.143. The van der Waals surface area contributed by atoms with E-state index in [4.69, 9.17) is 9.57 Å². The van der Waals surface area contributed by atoms with Crippen molar-refractivity contribution in [3.05, 3.63) is 59.2 Å². The van der Waals surface area contributed by atoms with Gasteiger partial charge in [-0.15, -0.1) is 0 Å². The molecule has 4 atom stereocenters. The third kappa shape index (κ3) is 3.37. The highest BCUT2D eigenvalue weighted by Gasteiger charge is 2.53. The van der Waals surface area contributed by atoms with Gasteiger partial charge in [0, 0.05) is 29.0 Å². The lowest BCUT2D eigenvalue weighted by atomic mass is 9.61. The van der Waals surface area contributed by atoms with Crippen LogP contribution in [0.25, 0.3) is 0 Å². The number of hydrogen-bond acceptors (Lipinski definition) is 5. The summed E-state index contributed by atoms with van der Waals surface area (Å²) >= 11 is 0. The van der Waals surface area contributed by atoms with Gasteiger partial charge in [-0.25, -0.2) is 0 Å². The number of nitrogens with one attached hydrogen (secondary N) is 1. The average molecular weight is 394 g/mol. The summed E-state index contributed by atoms with van der Waals surface area (Å²) < 4.78 is 5.82. The van der Waals surface area contributed by atoms with Crippen molar-refractivity contribution >= 4 is 17.6 Å². The predicted octanol–water partition coefficient (Wildman–Crippen LogP) is 3.26. The Morgan fingerprint density at radius 2 is 2.10 bits per heavy atom. The first-order chi connectivity index (χ1) is 13.9. The van der Waals surface area contributed by atoms with E-state index in [0.717, 1.165) is 24.0 Å². The van der Waals surface area contributed by atoms with Gasteiger partial charge in [0.05, 0.1) is 5.92 Å². The van der Waals surface area contributed by atoms with Gasteiger partial charge in [0.1, 0.15) is 18.9 Å². The van der Waals surface area contributed by atoms with Crippen LogP contribution in [-0.4, -0.2) is 37.3 Å². The third-order valence-electron chi connectivity index (χ3n) is 6.44. The maximum atomic E-state index is 12.6. The highest BCUT2D eigenvalue weighted by molar-refractivity contribution is 6.11. The van der Waals surface area contributed by atoms with E-state index in [2.05, 4.69) is 23.5 Å². The first-order valence-electron chi connectivity index (χ1n) is 10.0. The monoisotopic (exact) mass is 394 g/mol. The van der Waals surface area contributed by atoms with Crippen molar-refractivity contribution in [1.29, 1.82) is 0 Å². The zero-order valence-corrected chi connectivity index (χ0v) is 17.0. The van der Waals surface area contributed by atoms with E-state index in [1.165, 1.54) is 7.11 Å². The van der Waals surface area contributed by atoms with Crippen LogP contribution in [0.4, 0.5) is 0 Å². The SMILES string of the molecule is CO/N=C1\C=C[C@]2(C)CC[C@H]3[C@H](C)C(=O)O[C@@H]3C2=C1CNC(=O)c1ccccc1. The van der Waals surface area contributed by atoms with Crippen LogP contribution in [0.2, 0.25) is 0 Å². The molecular weight excluding hydrogens is 368 g/mol. The summed E-state index contributed by atoms with van der Waals surface area (Å²) in [7, 11) is 1.50. The average Bonchev–Trinajstić information content (AvgIpc) is 3.01. The van der Waals surface area contributed by atoms with Crippen LogP contribution < -0.4 is 5.32 Å². The number of carbonyl (C=O) groups excluding carboxylic acids is 2. The van der Waals surface area contributed by atoms with Gasteiger partial charge in [0.15, 0.2) is 0 Å². The van der Waals surface area contributed by atoms with Crippen molar-refractivity contribution in [2.45, 2.75) is 32.8 Å². The van der Waals surface area contributed by atoms with E-state index in [9.17, 15) is 9.59 Å². The van der Waals surface area contributed by atoms with Crippen molar-refractivity contribution in [2.75, 3.05) is 13.7 Å². The molecule has 29 heavy (non-hydrogen) atoms. The number of ether oxygens (including phenoxy) is 1. The number of fused-ring (bicyclic) bond motifs is 3. The molecule has 2 aliphatic carbocycles. The molecule has 0 aromatic heterocycles. The number of esters is 1. The van der Waals surface area contributed by atoms with Crippen LogP contribution in [0.3, 0.4) is 0 Å². The van der Waals surface area contributed by atoms with E-state index in [0.29, 0.717) is 17.8 Å². The predicted molar refractivity (Wildman–Crippen MR) is 109 cm³/mol. The highest BCUT2D eigenvalue weighted by atomic mass is 16.6. The molecule has 1 N–H and O–H groups in total. The number of nitrogens with zero attached hydrogens (tertiary/aromatic N) is 1. The Morgan fingerprint density at radius 1 is 1.34 bits per heavy atom. The molecule has 3 aliphatic rings. The smallest absolute Gasteiger partial charge is 0.309 e. The van der Waals surface area contributed by atoms with Gasteiger partial charge in [0.25, 0.3) is 5.91 Å². The first-order valence-corrected chi connectivity index (χ1v) is 10.0. The molecule has 4 rings (SSSR count). The van der Waals surface area contributed by atoms with Gasteiger partial charge >= 0.3 is 5.97 Å². The van der Waals surface area contributed by atoms with Crippen LogP contribution >= 0.6 is 0 Å². The molecule has 152 valence electrons. The van der Waals surface area contributed by atoms with Crippen molar-refractivity contribution in [2.24, 2.45) is 22.4 Å². The Morgan fingerprint density at radius 3 is 2.83 bits per heavy atom. The number of allylic oxidation sites excluding steroid dienone is 2. The summed E-state index contributed by atoms with van der Waals surface area (Å²) in [6.45, 7) is 4.39. The molecule has 1 aromatic carbocycles. The minimum Gasteiger partial charge on any atom is -0.457 e. The second kappa shape index (κ2) is 7.50. The summed E-state index contributed by atoms with van der Waals surface area (Å²) in [6.07, 6.45) is 5.64. The molecule has 1 amide bonds. The van der Waals surface area contributed by atoms with Crippen LogP contribution in [0, 0.1) is 17.3 Å². The van der Waals surface area contributed by atoms with Gasteiger partial charge in [-0.3, -0.25) is 9.59 Å². The molecule has 0 unspecified atom stereocenters. The van der Waals surface area contributed by atoms with E-state index >= 15 is 0 Å². The third-order valence-corrected chi connectivity index (χ3v) is 6.44. The van der Waals surface area contributed by atoms with Crippen LogP contribution in [0.15, 0.2) is 58.8 Å². The maximum Gasteiger partial charge on any atom is 0.309 e. The molecule has 1 aliphatic heterocycles. The van der Waals surface area contributed by atoms with Crippen LogP contribution in [0.5, 0.6) is 0 Å². The lowest BCUT2D eigenvalue weighted by Crippen LogP contribution is -2.42.